The standard InChI is InChI=1S/C17H19N5O/c1-12-5-4-7-19-15(12)9-14(18)17(23)20-10-13-11-21-22-8-3-2-6-16(13)22/h2-8,11,14H,9-10,18H2,1H3,(H,20,23). The highest BCUT2D eigenvalue weighted by molar-refractivity contribution is 5.82. The van der Waals surface area contributed by atoms with Gasteiger partial charge in [0.15, 0.2) is 0 Å². The summed E-state index contributed by atoms with van der Waals surface area (Å²) in [5, 5.41) is 7.12. The largest absolute Gasteiger partial charge is 0.351 e. The fourth-order valence-electron chi connectivity index (χ4n) is 2.47. The van der Waals surface area contributed by atoms with Gasteiger partial charge in [-0.05, 0) is 30.7 Å². The number of aromatic nitrogens is 3. The van der Waals surface area contributed by atoms with Crippen LogP contribution in [0.25, 0.3) is 5.52 Å². The number of carbonyl (C=O) groups excluding carboxylic acids is 1. The van der Waals surface area contributed by atoms with Crippen LogP contribution in [0.15, 0.2) is 48.9 Å². The second-order valence-electron chi connectivity index (χ2n) is 5.50. The number of amides is 1. The first-order chi connectivity index (χ1) is 11.1. The molecule has 0 aliphatic carbocycles. The van der Waals surface area contributed by atoms with E-state index in [1.165, 1.54) is 0 Å². The average molecular weight is 309 g/mol. The molecule has 6 heteroatoms. The van der Waals surface area contributed by atoms with Gasteiger partial charge in [-0.2, -0.15) is 5.10 Å². The lowest BCUT2D eigenvalue weighted by Crippen LogP contribution is -2.41. The van der Waals surface area contributed by atoms with Gasteiger partial charge in [-0.25, -0.2) is 4.52 Å². The van der Waals surface area contributed by atoms with E-state index in [0.717, 1.165) is 22.3 Å². The van der Waals surface area contributed by atoms with Crippen molar-refractivity contribution in [1.82, 2.24) is 19.9 Å². The number of nitrogens with two attached hydrogens (primary N) is 1. The summed E-state index contributed by atoms with van der Waals surface area (Å²) < 4.78 is 1.78. The molecule has 0 aromatic carbocycles. The first-order valence-electron chi connectivity index (χ1n) is 7.50. The number of pyridine rings is 2. The number of hydrogen-bond donors (Lipinski definition) is 2. The minimum atomic E-state index is -0.620. The van der Waals surface area contributed by atoms with Crippen molar-refractivity contribution in [2.24, 2.45) is 5.73 Å². The molecule has 0 radical (unpaired) electrons. The topological polar surface area (TPSA) is 85.3 Å². The number of hydrogen-bond acceptors (Lipinski definition) is 4. The van der Waals surface area contributed by atoms with E-state index in [2.05, 4.69) is 15.4 Å². The third kappa shape index (κ3) is 3.37. The molecule has 1 amide bonds. The minimum absolute atomic E-state index is 0.190. The SMILES string of the molecule is Cc1cccnc1CC(N)C(=O)NCc1cnn2ccccc12. The molecule has 3 aromatic heterocycles. The van der Waals surface area contributed by atoms with Gasteiger partial charge < -0.3 is 11.1 Å². The Morgan fingerprint density at radius 2 is 2.22 bits per heavy atom. The van der Waals surface area contributed by atoms with Crippen LogP contribution < -0.4 is 11.1 Å². The number of nitrogens with one attached hydrogen (secondary N) is 1. The average Bonchev–Trinajstić information content (AvgIpc) is 2.98. The first kappa shape index (κ1) is 15.2. The fourth-order valence-corrected chi connectivity index (χ4v) is 2.47. The smallest absolute Gasteiger partial charge is 0.237 e. The van der Waals surface area contributed by atoms with Gasteiger partial charge >= 0.3 is 0 Å². The van der Waals surface area contributed by atoms with Crippen LogP contribution in [0, 0.1) is 6.92 Å². The van der Waals surface area contributed by atoms with Gasteiger partial charge in [0.1, 0.15) is 0 Å². The Hall–Kier alpha value is -2.73. The van der Waals surface area contributed by atoms with Crippen LogP contribution in [-0.4, -0.2) is 26.5 Å². The monoisotopic (exact) mass is 309 g/mol. The van der Waals surface area contributed by atoms with E-state index < -0.39 is 6.04 Å². The van der Waals surface area contributed by atoms with Crippen LogP contribution >= 0.6 is 0 Å². The summed E-state index contributed by atoms with van der Waals surface area (Å²) in [5.74, 6) is -0.190. The van der Waals surface area contributed by atoms with Crippen LogP contribution in [-0.2, 0) is 17.8 Å². The van der Waals surface area contributed by atoms with E-state index in [-0.39, 0.29) is 5.91 Å². The fraction of sp³-hybridized carbons (Fsp3) is 0.235. The van der Waals surface area contributed by atoms with Gasteiger partial charge in [0.25, 0.3) is 0 Å². The Balaban J connectivity index is 1.62. The summed E-state index contributed by atoms with van der Waals surface area (Å²) in [5.41, 5.74) is 9.82. The molecular formula is C17H19N5O. The maximum absolute atomic E-state index is 12.2. The van der Waals surface area contributed by atoms with Gasteiger partial charge in [-0.1, -0.05) is 12.1 Å². The van der Waals surface area contributed by atoms with Crippen molar-refractivity contribution < 1.29 is 4.79 Å². The van der Waals surface area contributed by atoms with E-state index in [1.54, 1.807) is 16.9 Å². The molecular weight excluding hydrogens is 290 g/mol. The number of fused-ring (bicyclic) bond motifs is 1. The third-order valence-corrected chi connectivity index (χ3v) is 3.83. The van der Waals surface area contributed by atoms with Gasteiger partial charge in [0.05, 0.1) is 17.8 Å². The van der Waals surface area contributed by atoms with Crippen LogP contribution in [0.5, 0.6) is 0 Å². The molecule has 0 fully saturated rings. The van der Waals surface area contributed by atoms with E-state index in [1.807, 2.05) is 43.5 Å². The molecule has 3 heterocycles. The maximum atomic E-state index is 12.2. The molecule has 0 aliphatic rings. The summed E-state index contributed by atoms with van der Waals surface area (Å²) in [6.07, 6.45) is 5.76. The Morgan fingerprint density at radius 3 is 3.04 bits per heavy atom. The zero-order valence-electron chi connectivity index (χ0n) is 12.9. The lowest BCUT2D eigenvalue weighted by Gasteiger charge is -2.12. The van der Waals surface area contributed by atoms with Crippen molar-refractivity contribution in [3.63, 3.8) is 0 Å². The highest BCUT2D eigenvalue weighted by atomic mass is 16.2. The lowest BCUT2D eigenvalue weighted by atomic mass is 10.1. The van der Waals surface area contributed by atoms with E-state index in [9.17, 15) is 4.79 Å². The van der Waals surface area contributed by atoms with E-state index >= 15 is 0 Å². The van der Waals surface area contributed by atoms with Crippen LogP contribution in [0.4, 0.5) is 0 Å². The second-order valence-corrected chi connectivity index (χ2v) is 5.50. The molecule has 6 nitrogen and oxygen atoms in total. The molecule has 1 unspecified atom stereocenters. The van der Waals surface area contributed by atoms with Crippen LogP contribution in [0.3, 0.4) is 0 Å². The normalized spacial score (nSPS) is 12.3. The lowest BCUT2D eigenvalue weighted by molar-refractivity contribution is -0.122. The minimum Gasteiger partial charge on any atom is -0.351 e. The van der Waals surface area contributed by atoms with E-state index in [4.69, 9.17) is 5.73 Å². The number of carbonyl (C=O) groups is 1. The Kier molecular flexibility index (Phi) is 4.34. The van der Waals surface area contributed by atoms with Crippen molar-refractivity contribution in [3.8, 4) is 0 Å². The summed E-state index contributed by atoms with van der Waals surface area (Å²) in [6, 6.07) is 9.03. The number of aryl methyl sites for hydroxylation is 1. The molecule has 3 rings (SSSR count). The molecule has 118 valence electrons. The molecule has 0 aliphatic heterocycles. The van der Waals surface area contributed by atoms with Gasteiger partial charge in [0, 0.05) is 36.6 Å². The van der Waals surface area contributed by atoms with Crippen molar-refractivity contribution in [2.75, 3.05) is 0 Å². The summed E-state index contributed by atoms with van der Waals surface area (Å²) in [4.78, 5) is 16.5. The first-order valence-corrected chi connectivity index (χ1v) is 7.50. The highest BCUT2D eigenvalue weighted by Gasteiger charge is 2.16. The summed E-state index contributed by atoms with van der Waals surface area (Å²) >= 11 is 0. The number of rotatable bonds is 5. The van der Waals surface area contributed by atoms with Gasteiger partial charge in [0.2, 0.25) is 5.91 Å². The Morgan fingerprint density at radius 1 is 1.35 bits per heavy atom. The maximum Gasteiger partial charge on any atom is 0.237 e. The molecule has 3 N–H and O–H groups in total. The quantitative estimate of drug-likeness (QED) is 0.742. The van der Waals surface area contributed by atoms with Gasteiger partial charge in [-0.3, -0.25) is 9.78 Å². The van der Waals surface area contributed by atoms with Crippen LogP contribution in [0.1, 0.15) is 16.8 Å². The predicted molar refractivity (Wildman–Crippen MR) is 87.7 cm³/mol. The third-order valence-electron chi connectivity index (χ3n) is 3.83. The van der Waals surface area contributed by atoms with E-state index in [0.29, 0.717) is 13.0 Å². The van der Waals surface area contributed by atoms with Crippen molar-refractivity contribution in [2.45, 2.75) is 25.9 Å². The second kappa shape index (κ2) is 6.58. The molecule has 0 saturated carbocycles. The molecule has 0 bridgehead atoms. The zero-order valence-corrected chi connectivity index (χ0v) is 12.9. The molecule has 1 atom stereocenters. The molecule has 23 heavy (non-hydrogen) atoms. The predicted octanol–water partition coefficient (Wildman–Crippen LogP) is 1.22. The molecule has 0 saturated heterocycles. The Bertz CT molecular complexity index is 826. The molecule has 0 spiro atoms. The van der Waals surface area contributed by atoms with Crippen LogP contribution in [0.2, 0.25) is 0 Å². The Labute approximate surface area is 134 Å². The molecule has 3 aromatic rings. The zero-order chi connectivity index (χ0) is 16.2. The summed E-state index contributed by atoms with van der Waals surface area (Å²) in [6.45, 7) is 2.37. The van der Waals surface area contributed by atoms with Crippen molar-refractivity contribution >= 4 is 11.4 Å². The van der Waals surface area contributed by atoms with Crippen molar-refractivity contribution in [1.29, 1.82) is 0 Å². The highest BCUT2D eigenvalue weighted by Crippen LogP contribution is 2.10. The van der Waals surface area contributed by atoms with Crippen molar-refractivity contribution in [3.05, 3.63) is 65.7 Å². The number of nitrogens with zero attached hydrogens (tertiary/aromatic N) is 3. The summed E-state index contributed by atoms with van der Waals surface area (Å²) in [7, 11) is 0. The van der Waals surface area contributed by atoms with Gasteiger partial charge in [-0.15, -0.1) is 0 Å².